The quantitative estimate of drug-likeness (QED) is 0.531. The van der Waals surface area contributed by atoms with Gasteiger partial charge in [-0.2, -0.15) is 5.10 Å². The fourth-order valence-electron chi connectivity index (χ4n) is 3.69. The van der Waals surface area contributed by atoms with Crippen molar-refractivity contribution in [3.8, 4) is 22.1 Å². The van der Waals surface area contributed by atoms with Gasteiger partial charge in [-0.3, -0.25) is 14.0 Å². The molecule has 1 atom stereocenters. The van der Waals surface area contributed by atoms with Gasteiger partial charge in [0, 0.05) is 7.05 Å². The first-order chi connectivity index (χ1) is 14.3. The summed E-state index contributed by atoms with van der Waals surface area (Å²) in [4.78, 5) is 22.3. The number of carbonyl (C=O) groups excluding carboxylic acids is 1. The van der Waals surface area contributed by atoms with Crippen molar-refractivity contribution in [1.29, 1.82) is 0 Å². The minimum atomic E-state index is -3.65. The van der Waals surface area contributed by atoms with Gasteiger partial charge in [0.15, 0.2) is 5.06 Å². The average molecular weight is 447 g/mol. The van der Waals surface area contributed by atoms with Gasteiger partial charge in [-0.1, -0.05) is 23.5 Å². The molecule has 0 bridgehead atoms. The Morgan fingerprint density at radius 3 is 2.73 bits per heavy atom. The minimum absolute atomic E-state index is 0.0697. The molecule has 0 spiro atoms. The van der Waals surface area contributed by atoms with Crippen molar-refractivity contribution < 1.29 is 23.5 Å². The average Bonchev–Trinajstić information content (AvgIpc) is 3.24. The van der Waals surface area contributed by atoms with E-state index in [1.807, 2.05) is 13.2 Å². The van der Waals surface area contributed by atoms with E-state index >= 15 is 0 Å². The Hall–Kier alpha value is -2.45. The third kappa shape index (κ3) is 3.94. The first-order valence-corrected chi connectivity index (χ1v) is 12.1. The molecule has 2 heterocycles. The number of ether oxygens (including phenoxy) is 1. The van der Waals surface area contributed by atoms with Crippen LogP contribution >= 0.6 is 18.9 Å². The molecular weight excluding hydrogens is 425 g/mol. The smallest absolute Gasteiger partial charge is 0.332 e. The molecule has 2 aromatic heterocycles. The Bertz CT molecular complexity index is 1150. The molecule has 1 aliphatic rings. The van der Waals surface area contributed by atoms with Gasteiger partial charge in [0.05, 0.1) is 35.1 Å². The first kappa shape index (κ1) is 20.8. The second-order valence-electron chi connectivity index (χ2n) is 7.04. The Morgan fingerprint density at radius 1 is 1.33 bits per heavy atom. The second-order valence-corrected chi connectivity index (χ2v) is 9.87. The summed E-state index contributed by atoms with van der Waals surface area (Å²) in [7, 11) is -1.79. The number of thiophene rings is 1. The van der Waals surface area contributed by atoms with Crippen LogP contribution in [0.3, 0.4) is 0 Å². The summed E-state index contributed by atoms with van der Waals surface area (Å²) in [5.41, 5.74) is 10.1. The van der Waals surface area contributed by atoms with E-state index in [4.69, 9.17) is 15.0 Å². The van der Waals surface area contributed by atoms with E-state index in [0.29, 0.717) is 27.7 Å². The molecule has 1 aliphatic carbocycles. The fourth-order valence-corrected chi connectivity index (χ4v) is 5.93. The summed E-state index contributed by atoms with van der Waals surface area (Å²) < 4.78 is 24.8. The molecule has 0 saturated carbocycles. The highest BCUT2D eigenvalue weighted by Gasteiger charge is 2.31. The van der Waals surface area contributed by atoms with Crippen LogP contribution in [0, 0.1) is 0 Å². The molecule has 0 aliphatic heterocycles. The highest BCUT2D eigenvalue weighted by molar-refractivity contribution is 7.51. The lowest BCUT2D eigenvalue weighted by Crippen LogP contribution is -2.13. The monoisotopic (exact) mass is 447 g/mol. The van der Waals surface area contributed by atoms with E-state index in [9.17, 15) is 14.3 Å². The largest absolute Gasteiger partial charge is 0.446 e. The van der Waals surface area contributed by atoms with Crippen LogP contribution in [0.15, 0.2) is 30.5 Å². The molecule has 8 nitrogen and oxygen atoms in total. The molecule has 10 heteroatoms. The third-order valence-electron chi connectivity index (χ3n) is 4.94. The van der Waals surface area contributed by atoms with Crippen molar-refractivity contribution in [2.24, 2.45) is 12.8 Å². The zero-order valence-electron chi connectivity index (χ0n) is 16.6. The van der Waals surface area contributed by atoms with E-state index in [2.05, 4.69) is 5.10 Å². The fraction of sp³-hybridized carbons (Fsp3) is 0.300. The van der Waals surface area contributed by atoms with Crippen molar-refractivity contribution >= 4 is 24.8 Å². The van der Waals surface area contributed by atoms with Gasteiger partial charge in [0.25, 0.3) is 5.91 Å². The third-order valence-corrected chi connectivity index (χ3v) is 7.49. The summed E-state index contributed by atoms with van der Waals surface area (Å²) in [6, 6.07) is 6.90. The highest BCUT2D eigenvalue weighted by atomic mass is 32.1. The maximum Gasteiger partial charge on any atom is 0.332 e. The lowest BCUT2D eigenvalue weighted by Gasteiger charge is -2.16. The summed E-state index contributed by atoms with van der Waals surface area (Å²) in [6.07, 6.45) is 3.26. The van der Waals surface area contributed by atoms with Gasteiger partial charge in [-0.15, -0.1) is 0 Å². The van der Waals surface area contributed by atoms with Crippen molar-refractivity contribution in [2.45, 2.75) is 25.9 Å². The summed E-state index contributed by atoms with van der Waals surface area (Å²) in [5, 5.41) is 4.93. The minimum Gasteiger partial charge on any atom is -0.446 e. The van der Waals surface area contributed by atoms with Gasteiger partial charge in [-0.05, 0) is 48.6 Å². The Balaban J connectivity index is 1.66. The molecule has 158 valence electrons. The van der Waals surface area contributed by atoms with Crippen LogP contribution < -0.4 is 10.5 Å². The van der Waals surface area contributed by atoms with Gasteiger partial charge < -0.3 is 19.9 Å². The molecule has 1 unspecified atom stereocenters. The van der Waals surface area contributed by atoms with E-state index in [-0.39, 0.29) is 12.8 Å². The molecule has 30 heavy (non-hydrogen) atoms. The second kappa shape index (κ2) is 8.00. The molecule has 1 aromatic carbocycles. The maximum atomic E-state index is 12.0. The van der Waals surface area contributed by atoms with Crippen LogP contribution in [0.2, 0.25) is 0 Å². The summed E-state index contributed by atoms with van der Waals surface area (Å²) in [5.74, 6) is 0.0824. The highest BCUT2D eigenvalue weighted by Crippen LogP contribution is 2.49. The van der Waals surface area contributed by atoms with Crippen LogP contribution in [0.5, 0.6) is 10.8 Å². The number of hydrogen-bond acceptors (Lipinski definition) is 6. The summed E-state index contributed by atoms with van der Waals surface area (Å²) >= 11 is 1.23. The maximum absolute atomic E-state index is 12.0. The van der Waals surface area contributed by atoms with Gasteiger partial charge in [0.1, 0.15) is 5.75 Å². The predicted molar refractivity (Wildman–Crippen MR) is 114 cm³/mol. The number of aryl methyl sites for hydroxylation is 2. The van der Waals surface area contributed by atoms with Crippen LogP contribution in [0.1, 0.15) is 33.3 Å². The van der Waals surface area contributed by atoms with Crippen molar-refractivity contribution in [3.05, 3.63) is 52.0 Å². The first-order valence-electron chi connectivity index (χ1n) is 9.49. The number of aromatic nitrogens is 2. The molecule has 0 saturated heterocycles. The molecule has 3 N–H and O–H groups in total. The van der Waals surface area contributed by atoms with E-state index in [1.54, 1.807) is 35.9 Å². The Labute approximate surface area is 177 Å². The van der Waals surface area contributed by atoms with Crippen molar-refractivity contribution in [3.63, 3.8) is 0 Å². The number of fused-ring (bicyclic) bond motifs is 3. The molecule has 4 rings (SSSR count). The van der Waals surface area contributed by atoms with Crippen molar-refractivity contribution in [2.75, 3.05) is 6.61 Å². The lowest BCUT2D eigenvalue weighted by molar-refractivity contribution is 0.100. The molecule has 0 radical (unpaired) electrons. The molecular formula is C20H22N3O5PS. The molecule has 0 fully saturated rings. The number of nitrogens with two attached hydrogens (primary N) is 1. The van der Waals surface area contributed by atoms with Crippen molar-refractivity contribution in [1.82, 2.24) is 9.78 Å². The summed E-state index contributed by atoms with van der Waals surface area (Å²) in [6.45, 7) is 1.85. The SMILES string of the molecule is CCOP(=O)(O)Cc1ccc(Oc2sc(C(N)=O)c3c2-c2c(cnn2C)CC3)cc1. The topological polar surface area (TPSA) is 117 Å². The molecule has 1 amide bonds. The van der Waals surface area contributed by atoms with Crippen LogP contribution in [0.4, 0.5) is 0 Å². The van der Waals surface area contributed by atoms with Gasteiger partial charge in [0.2, 0.25) is 0 Å². The number of benzene rings is 1. The number of hydrogen-bond donors (Lipinski definition) is 2. The number of amides is 1. The predicted octanol–water partition coefficient (Wildman–Crippen LogP) is 3.86. The van der Waals surface area contributed by atoms with Gasteiger partial charge in [-0.25, -0.2) is 0 Å². The standard InChI is InChI=1S/C20H22N3O5PS/c1-3-27-29(25,26)11-12-4-7-14(8-5-12)28-20-16-15(18(30-20)19(21)24)9-6-13-10-22-23(2)17(13)16/h4-5,7-8,10H,3,6,9,11H2,1-2H3,(H2,21,24)(H,25,26). The van der Waals surface area contributed by atoms with E-state index < -0.39 is 13.5 Å². The number of primary amides is 1. The number of rotatable bonds is 7. The lowest BCUT2D eigenvalue weighted by atomic mass is 9.91. The molecule has 3 aromatic rings. The normalized spacial score (nSPS) is 14.6. The van der Waals surface area contributed by atoms with E-state index in [0.717, 1.165) is 28.8 Å². The van der Waals surface area contributed by atoms with E-state index in [1.165, 1.54) is 11.3 Å². The van der Waals surface area contributed by atoms with Crippen LogP contribution in [-0.2, 0) is 35.1 Å². The Morgan fingerprint density at radius 2 is 2.07 bits per heavy atom. The zero-order valence-corrected chi connectivity index (χ0v) is 18.3. The van der Waals surface area contributed by atoms with Crippen LogP contribution in [-0.4, -0.2) is 27.2 Å². The number of nitrogens with zero attached hydrogens (tertiary/aromatic N) is 2. The Kier molecular flexibility index (Phi) is 5.55. The van der Waals surface area contributed by atoms with Crippen LogP contribution in [0.25, 0.3) is 11.3 Å². The van der Waals surface area contributed by atoms with Gasteiger partial charge >= 0.3 is 7.60 Å². The number of carbonyl (C=O) groups is 1. The zero-order chi connectivity index (χ0) is 21.5.